The Morgan fingerprint density at radius 1 is 0.895 bits per heavy atom. The van der Waals surface area contributed by atoms with E-state index in [1.54, 1.807) is 19.1 Å². The van der Waals surface area contributed by atoms with E-state index in [9.17, 15) is 23.5 Å². The number of amides is 1. The number of carbonyl (C=O) groups is 2. The summed E-state index contributed by atoms with van der Waals surface area (Å²) in [6.07, 6.45) is 0.312. The summed E-state index contributed by atoms with van der Waals surface area (Å²) in [4.78, 5) is 29.4. The highest BCUT2D eigenvalue weighted by molar-refractivity contribution is 5.97. The number of aromatic nitrogens is 1. The van der Waals surface area contributed by atoms with E-state index in [2.05, 4.69) is 10.3 Å². The lowest BCUT2D eigenvalue weighted by Gasteiger charge is -2.27. The fraction of sp³-hybridized carbons (Fsp3) is 0.296. The molecule has 2 atom stereocenters. The summed E-state index contributed by atoms with van der Waals surface area (Å²) in [5.74, 6) is -3.70. The van der Waals surface area contributed by atoms with Crippen LogP contribution in [0.15, 0.2) is 48.7 Å². The predicted molar refractivity (Wildman–Crippen MR) is 133 cm³/mol. The number of halogens is 2. The molecule has 0 spiro atoms. The van der Waals surface area contributed by atoms with Gasteiger partial charge in [0.2, 0.25) is 0 Å². The number of rotatable bonds is 10. The number of nitrogens with zero attached hydrogens (tertiary/aromatic N) is 1. The van der Waals surface area contributed by atoms with Gasteiger partial charge < -0.3 is 29.4 Å². The number of esters is 1. The first-order chi connectivity index (χ1) is 18.1. The maximum Gasteiger partial charge on any atom is 0.328 e. The van der Waals surface area contributed by atoms with E-state index in [1.165, 1.54) is 64.8 Å². The summed E-state index contributed by atoms with van der Waals surface area (Å²) in [6, 6.07) is 8.15. The van der Waals surface area contributed by atoms with Crippen molar-refractivity contribution in [1.29, 1.82) is 0 Å². The first-order valence-electron chi connectivity index (χ1n) is 11.5. The molecule has 0 radical (unpaired) electrons. The van der Waals surface area contributed by atoms with Crippen LogP contribution in [-0.4, -0.2) is 55.4 Å². The standard InChI is InChI=1S/C27H28F2N2O7/c1-14(31-26(33)24-25(32)22(37-5)6-7-30-24)27(34)38-15(2)23(16-8-18(28)12-20(10-16)35-3)17-9-19(29)13-21(11-17)36-4/h6-15,23,32H,1-5H3,(H,31,33)/t14-,15-/m0/s1. The van der Waals surface area contributed by atoms with Crippen molar-refractivity contribution < 1.29 is 42.4 Å². The maximum atomic E-state index is 14.4. The molecule has 11 heteroatoms. The molecule has 202 valence electrons. The van der Waals surface area contributed by atoms with Crippen LogP contribution in [0.25, 0.3) is 0 Å². The van der Waals surface area contributed by atoms with Gasteiger partial charge >= 0.3 is 5.97 Å². The van der Waals surface area contributed by atoms with Crippen LogP contribution in [0, 0.1) is 11.6 Å². The molecule has 1 heterocycles. The van der Waals surface area contributed by atoms with E-state index in [-0.39, 0.29) is 22.9 Å². The van der Waals surface area contributed by atoms with Gasteiger partial charge in [-0.25, -0.2) is 18.6 Å². The molecular weight excluding hydrogens is 502 g/mol. The largest absolute Gasteiger partial charge is 0.503 e. The molecule has 1 aromatic heterocycles. The van der Waals surface area contributed by atoms with Gasteiger partial charge in [0, 0.05) is 30.3 Å². The molecule has 0 saturated carbocycles. The van der Waals surface area contributed by atoms with Crippen molar-refractivity contribution in [3.63, 3.8) is 0 Å². The van der Waals surface area contributed by atoms with Crippen molar-refractivity contribution in [3.05, 3.63) is 77.1 Å². The first-order valence-corrected chi connectivity index (χ1v) is 11.5. The summed E-state index contributed by atoms with van der Waals surface area (Å²) in [5.41, 5.74) is 0.377. The van der Waals surface area contributed by atoms with Crippen LogP contribution in [0.5, 0.6) is 23.0 Å². The van der Waals surface area contributed by atoms with Crippen LogP contribution in [0.1, 0.15) is 41.4 Å². The quantitative estimate of drug-likeness (QED) is 0.379. The highest BCUT2D eigenvalue weighted by atomic mass is 19.1. The third-order valence-corrected chi connectivity index (χ3v) is 5.77. The van der Waals surface area contributed by atoms with Crippen LogP contribution in [-0.2, 0) is 9.53 Å². The van der Waals surface area contributed by atoms with Gasteiger partial charge in [0.1, 0.15) is 35.3 Å². The van der Waals surface area contributed by atoms with Crippen LogP contribution >= 0.6 is 0 Å². The zero-order valence-corrected chi connectivity index (χ0v) is 21.5. The smallest absolute Gasteiger partial charge is 0.328 e. The third-order valence-electron chi connectivity index (χ3n) is 5.77. The van der Waals surface area contributed by atoms with E-state index in [4.69, 9.17) is 18.9 Å². The molecule has 2 aromatic carbocycles. The van der Waals surface area contributed by atoms with Crippen LogP contribution in [0.4, 0.5) is 8.78 Å². The zero-order valence-electron chi connectivity index (χ0n) is 21.5. The van der Waals surface area contributed by atoms with Crippen molar-refractivity contribution in [1.82, 2.24) is 10.3 Å². The highest BCUT2D eigenvalue weighted by Gasteiger charge is 2.30. The Kier molecular flexibility index (Phi) is 9.06. The normalized spacial score (nSPS) is 12.4. The Bertz CT molecular complexity index is 1270. The number of pyridine rings is 1. The summed E-state index contributed by atoms with van der Waals surface area (Å²) in [6.45, 7) is 2.94. The van der Waals surface area contributed by atoms with Crippen molar-refractivity contribution in [2.24, 2.45) is 0 Å². The number of ether oxygens (including phenoxy) is 4. The molecule has 38 heavy (non-hydrogen) atoms. The fourth-order valence-electron chi connectivity index (χ4n) is 3.94. The number of nitrogens with one attached hydrogen (secondary N) is 1. The van der Waals surface area contributed by atoms with Gasteiger partial charge in [-0.2, -0.15) is 0 Å². The minimum atomic E-state index is -1.16. The Hall–Kier alpha value is -4.41. The average Bonchev–Trinajstić information content (AvgIpc) is 2.88. The second-order valence-electron chi connectivity index (χ2n) is 8.37. The number of methoxy groups -OCH3 is 3. The molecule has 0 fully saturated rings. The first kappa shape index (κ1) is 28.2. The van der Waals surface area contributed by atoms with Gasteiger partial charge in [-0.05, 0) is 49.2 Å². The van der Waals surface area contributed by atoms with Gasteiger partial charge in [-0.1, -0.05) is 0 Å². The number of carbonyl (C=O) groups excluding carboxylic acids is 2. The minimum Gasteiger partial charge on any atom is -0.503 e. The molecule has 0 unspecified atom stereocenters. The van der Waals surface area contributed by atoms with Crippen LogP contribution < -0.4 is 19.5 Å². The number of aromatic hydroxyl groups is 1. The molecule has 0 saturated heterocycles. The van der Waals surface area contributed by atoms with E-state index in [0.717, 1.165) is 0 Å². The summed E-state index contributed by atoms with van der Waals surface area (Å²) >= 11 is 0. The fourth-order valence-corrected chi connectivity index (χ4v) is 3.94. The number of benzene rings is 2. The second-order valence-corrected chi connectivity index (χ2v) is 8.37. The monoisotopic (exact) mass is 530 g/mol. The molecule has 3 aromatic rings. The molecule has 3 rings (SSSR count). The van der Waals surface area contributed by atoms with Gasteiger partial charge in [0.15, 0.2) is 17.2 Å². The van der Waals surface area contributed by atoms with Crippen molar-refractivity contribution in [3.8, 4) is 23.0 Å². The Morgan fingerprint density at radius 2 is 1.45 bits per heavy atom. The topological polar surface area (TPSA) is 116 Å². The maximum absolute atomic E-state index is 14.4. The average molecular weight is 531 g/mol. The van der Waals surface area contributed by atoms with Gasteiger partial charge in [0.05, 0.1) is 21.3 Å². The van der Waals surface area contributed by atoms with Gasteiger partial charge in [-0.15, -0.1) is 0 Å². The number of hydrogen-bond acceptors (Lipinski definition) is 8. The molecule has 0 aliphatic rings. The molecule has 2 N–H and O–H groups in total. The zero-order chi connectivity index (χ0) is 28.0. The molecule has 1 amide bonds. The van der Waals surface area contributed by atoms with Crippen molar-refractivity contribution >= 4 is 11.9 Å². The van der Waals surface area contributed by atoms with E-state index >= 15 is 0 Å². The Morgan fingerprint density at radius 3 is 1.95 bits per heavy atom. The molecule has 0 aliphatic carbocycles. The minimum absolute atomic E-state index is 0.0351. The Labute approximate surface area is 218 Å². The number of hydrogen-bond donors (Lipinski definition) is 2. The molecular formula is C27H28F2N2O7. The molecule has 0 bridgehead atoms. The third kappa shape index (κ3) is 6.47. The van der Waals surface area contributed by atoms with Crippen LogP contribution in [0.3, 0.4) is 0 Å². The van der Waals surface area contributed by atoms with Crippen LogP contribution in [0.2, 0.25) is 0 Å². The van der Waals surface area contributed by atoms with Gasteiger partial charge in [0.25, 0.3) is 5.91 Å². The molecule has 0 aliphatic heterocycles. The second kappa shape index (κ2) is 12.2. The van der Waals surface area contributed by atoms with Crippen molar-refractivity contribution in [2.45, 2.75) is 31.9 Å². The lowest BCUT2D eigenvalue weighted by molar-refractivity contribution is -0.150. The SMILES string of the molecule is COc1cc(F)cc(C(c2cc(F)cc(OC)c2)[C@H](C)OC(=O)[C@H](C)NC(=O)c2nccc(OC)c2O)c1. The molecule has 9 nitrogen and oxygen atoms in total. The summed E-state index contributed by atoms with van der Waals surface area (Å²) in [5, 5.41) is 12.6. The lowest BCUT2D eigenvalue weighted by atomic mass is 9.86. The van der Waals surface area contributed by atoms with Crippen molar-refractivity contribution in [2.75, 3.05) is 21.3 Å². The van der Waals surface area contributed by atoms with E-state index in [0.29, 0.717) is 11.1 Å². The van der Waals surface area contributed by atoms with E-state index in [1.807, 2.05) is 0 Å². The highest BCUT2D eigenvalue weighted by Crippen LogP contribution is 2.35. The van der Waals surface area contributed by atoms with E-state index < -0.39 is 47.3 Å². The van der Waals surface area contributed by atoms with Gasteiger partial charge in [-0.3, -0.25) is 4.79 Å². The summed E-state index contributed by atoms with van der Waals surface area (Å²) in [7, 11) is 4.07. The predicted octanol–water partition coefficient (Wildman–Crippen LogP) is 3.97. The Balaban J connectivity index is 1.88. The lowest BCUT2D eigenvalue weighted by Crippen LogP contribution is -2.41. The summed E-state index contributed by atoms with van der Waals surface area (Å²) < 4.78 is 49.7.